The maximum absolute atomic E-state index is 13.5. The van der Waals surface area contributed by atoms with Crippen molar-refractivity contribution < 1.29 is 12.8 Å². The van der Waals surface area contributed by atoms with E-state index < -0.39 is 21.4 Å². The topological polar surface area (TPSA) is 58.2 Å². The Bertz CT molecular complexity index is 566. The van der Waals surface area contributed by atoms with Crippen LogP contribution in [-0.2, 0) is 10.0 Å². The van der Waals surface area contributed by atoms with E-state index in [-0.39, 0.29) is 4.90 Å². The lowest BCUT2D eigenvalue weighted by Crippen LogP contribution is -2.52. The van der Waals surface area contributed by atoms with E-state index in [1.165, 1.54) is 12.1 Å². The molecular weight excluding hydrogens is 267 g/mol. The van der Waals surface area contributed by atoms with Crippen LogP contribution in [0.4, 0.5) is 4.39 Å². The van der Waals surface area contributed by atoms with Gasteiger partial charge in [-0.2, -0.15) is 0 Å². The van der Waals surface area contributed by atoms with Gasteiger partial charge in [0.05, 0.1) is 4.90 Å². The van der Waals surface area contributed by atoms with Gasteiger partial charge in [0.2, 0.25) is 10.0 Å². The number of hydrogen-bond donors (Lipinski definition) is 2. The highest BCUT2D eigenvalue weighted by Gasteiger charge is 2.32. The Morgan fingerprint density at radius 1 is 1.32 bits per heavy atom. The molecule has 2 N–H and O–H groups in total. The van der Waals surface area contributed by atoms with Gasteiger partial charge in [-0.3, -0.25) is 0 Å². The van der Waals surface area contributed by atoms with Gasteiger partial charge >= 0.3 is 0 Å². The van der Waals surface area contributed by atoms with Gasteiger partial charge in [0.1, 0.15) is 5.82 Å². The Kier molecular flexibility index (Phi) is 3.94. The van der Waals surface area contributed by atoms with E-state index in [0.29, 0.717) is 5.56 Å². The smallest absolute Gasteiger partial charge is 0.241 e. The summed E-state index contributed by atoms with van der Waals surface area (Å²) in [6, 6.07) is 3.99. The number of nitrogens with one attached hydrogen (secondary N) is 2. The quantitative estimate of drug-likeness (QED) is 0.886. The summed E-state index contributed by atoms with van der Waals surface area (Å²) in [7, 11) is -3.68. The van der Waals surface area contributed by atoms with E-state index in [1.807, 2.05) is 6.92 Å². The van der Waals surface area contributed by atoms with Gasteiger partial charge in [-0.05, 0) is 57.5 Å². The molecule has 2 rings (SSSR count). The number of sulfonamides is 1. The Morgan fingerprint density at radius 2 is 1.95 bits per heavy atom. The Hall–Kier alpha value is -0.980. The summed E-state index contributed by atoms with van der Waals surface area (Å²) in [5.41, 5.74) is -0.0298. The van der Waals surface area contributed by atoms with Crippen molar-refractivity contribution in [1.29, 1.82) is 0 Å². The number of halogens is 1. The molecule has 0 unspecified atom stereocenters. The van der Waals surface area contributed by atoms with Gasteiger partial charge in [-0.1, -0.05) is 6.07 Å². The maximum atomic E-state index is 13.5. The van der Waals surface area contributed by atoms with Crippen molar-refractivity contribution in [2.75, 3.05) is 13.1 Å². The third-order valence-electron chi connectivity index (χ3n) is 3.54. The summed E-state index contributed by atoms with van der Waals surface area (Å²) < 4.78 is 40.7. The van der Waals surface area contributed by atoms with E-state index in [4.69, 9.17) is 0 Å². The molecule has 106 valence electrons. The molecule has 4 nitrogen and oxygen atoms in total. The lowest BCUT2D eigenvalue weighted by molar-refractivity contribution is 0.308. The Labute approximate surface area is 113 Å². The Balaban J connectivity index is 2.24. The second-order valence-electron chi connectivity index (χ2n) is 5.33. The van der Waals surface area contributed by atoms with Crippen molar-refractivity contribution in [3.8, 4) is 0 Å². The van der Waals surface area contributed by atoms with Gasteiger partial charge < -0.3 is 5.32 Å². The second-order valence-corrected chi connectivity index (χ2v) is 7.01. The number of aryl methyl sites for hydroxylation is 1. The van der Waals surface area contributed by atoms with E-state index in [2.05, 4.69) is 10.0 Å². The molecule has 6 heteroatoms. The fraction of sp³-hybridized carbons (Fsp3) is 0.538. The van der Waals surface area contributed by atoms with Gasteiger partial charge in [0.25, 0.3) is 0 Å². The molecule has 1 aromatic carbocycles. The average molecular weight is 286 g/mol. The van der Waals surface area contributed by atoms with Gasteiger partial charge in [-0.15, -0.1) is 0 Å². The number of rotatable bonds is 3. The van der Waals surface area contributed by atoms with Gasteiger partial charge in [0, 0.05) is 5.54 Å². The molecule has 1 fully saturated rings. The van der Waals surface area contributed by atoms with E-state index in [1.54, 1.807) is 6.92 Å². The zero-order chi connectivity index (χ0) is 14.1. The second kappa shape index (κ2) is 5.19. The predicted molar refractivity (Wildman–Crippen MR) is 72.0 cm³/mol. The summed E-state index contributed by atoms with van der Waals surface area (Å²) in [5.74, 6) is -0.502. The SMILES string of the molecule is Cc1ccc(S(=O)(=O)NC2(C)CCNCC2)cc1F. The molecule has 0 bridgehead atoms. The minimum atomic E-state index is -3.68. The standard InChI is InChI=1S/C13H19FN2O2S/c1-10-3-4-11(9-12(10)14)19(17,18)16-13(2)5-7-15-8-6-13/h3-4,9,15-16H,5-8H2,1-2H3. The molecule has 1 saturated heterocycles. The monoisotopic (exact) mass is 286 g/mol. The van der Waals surface area contributed by atoms with Crippen LogP contribution >= 0.6 is 0 Å². The van der Waals surface area contributed by atoms with E-state index >= 15 is 0 Å². The molecule has 1 aliphatic heterocycles. The molecule has 19 heavy (non-hydrogen) atoms. The average Bonchev–Trinajstić information content (AvgIpc) is 2.32. The van der Waals surface area contributed by atoms with Gasteiger partial charge in [0.15, 0.2) is 0 Å². The molecule has 0 saturated carbocycles. The van der Waals surface area contributed by atoms with Crippen LogP contribution < -0.4 is 10.0 Å². The molecule has 1 aromatic rings. The summed E-state index contributed by atoms with van der Waals surface area (Å²) in [6.45, 7) is 5.05. The molecule has 0 atom stereocenters. The van der Waals surface area contributed by atoms with Crippen LogP contribution in [0.5, 0.6) is 0 Å². The lowest BCUT2D eigenvalue weighted by atomic mass is 9.92. The first-order valence-electron chi connectivity index (χ1n) is 6.33. The number of benzene rings is 1. The number of hydrogen-bond acceptors (Lipinski definition) is 3. The molecule has 0 aromatic heterocycles. The van der Waals surface area contributed by atoms with Gasteiger partial charge in [-0.25, -0.2) is 17.5 Å². The van der Waals surface area contributed by atoms with Crippen molar-refractivity contribution in [3.05, 3.63) is 29.6 Å². The predicted octanol–water partition coefficient (Wildman–Crippen LogP) is 1.55. The van der Waals surface area contributed by atoms with Crippen LogP contribution in [0.2, 0.25) is 0 Å². The van der Waals surface area contributed by atoms with Crippen molar-refractivity contribution in [3.63, 3.8) is 0 Å². The van der Waals surface area contributed by atoms with Crippen LogP contribution in [0.15, 0.2) is 23.1 Å². The van der Waals surface area contributed by atoms with Crippen LogP contribution in [0.3, 0.4) is 0 Å². The fourth-order valence-corrected chi connectivity index (χ4v) is 3.68. The minimum Gasteiger partial charge on any atom is -0.317 e. The highest BCUT2D eigenvalue weighted by atomic mass is 32.2. The first-order valence-corrected chi connectivity index (χ1v) is 7.82. The first-order chi connectivity index (χ1) is 8.82. The molecule has 1 aliphatic rings. The maximum Gasteiger partial charge on any atom is 0.241 e. The fourth-order valence-electron chi connectivity index (χ4n) is 2.20. The van der Waals surface area contributed by atoms with E-state index in [0.717, 1.165) is 32.0 Å². The summed E-state index contributed by atoms with van der Waals surface area (Å²) in [4.78, 5) is -0.0182. The van der Waals surface area contributed by atoms with Crippen LogP contribution in [-0.4, -0.2) is 27.0 Å². The zero-order valence-corrected chi connectivity index (χ0v) is 12.0. The molecule has 1 heterocycles. The largest absolute Gasteiger partial charge is 0.317 e. The van der Waals surface area contributed by atoms with Crippen molar-refractivity contribution >= 4 is 10.0 Å². The minimum absolute atomic E-state index is 0.0182. The Morgan fingerprint density at radius 3 is 2.53 bits per heavy atom. The zero-order valence-electron chi connectivity index (χ0n) is 11.2. The van der Waals surface area contributed by atoms with E-state index in [9.17, 15) is 12.8 Å². The van der Waals surface area contributed by atoms with Crippen LogP contribution in [0, 0.1) is 12.7 Å². The summed E-state index contributed by atoms with van der Waals surface area (Å²) >= 11 is 0. The molecular formula is C13H19FN2O2S. The highest BCUT2D eigenvalue weighted by molar-refractivity contribution is 7.89. The summed E-state index contributed by atoms with van der Waals surface area (Å²) in [6.07, 6.45) is 1.45. The molecule has 0 amide bonds. The number of piperidine rings is 1. The van der Waals surface area contributed by atoms with Crippen molar-refractivity contribution in [1.82, 2.24) is 10.0 Å². The molecule has 0 aliphatic carbocycles. The van der Waals surface area contributed by atoms with Crippen molar-refractivity contribution in [2.45, 2.75) is 37.1 Å². The van der Waals surface area contributed by atoms with Crippen LogP contribution in [0.1, 0.15) is 25.3 Å². The lowest BCUT2D eigenvalue weighted by Gasteiger charge is -2.34. The first kappa shape index (κ1) is 14.4. The van der Waals surface area contributed by atoms with Crippen molar-refractivity contribution in [2.24, 2.45) is 0 Å². The molecule has 0 spiro atoms. The normalized spacial score (nSPS) is 19.3. The molecule has 0 radical (unpaired) electrons. The third-order valence-corrected chi connectivity index (χ3v) is 5.18. The van der Waals surface area contributed by atoms with Crippen LogP contribution in [0.25, 0.3) is 0 Å². The summed E-state index contributed by atoms with van der Waals surface area (Å²) in [5, 5.41) is 3.19. The third kappa shape index (κ3) is 3.32. The highest BCUT2D eigenvalue weighted by Crippen LogP contribution is 2.22.